The van der Waals surface area contributed by atoms with E-state index in [1.165, 1.54) is 6.07 Å². The molecule has 0 unspecified atom stereocenters. The average Bonchev–Trinajstić information content (AvgIpc) is 2.34. The van der Waals surface area contributed by atoms with Crippen molar-refractivity contribution in [3.8, 4) is 0 Å². The molecule has 0 aliphatic heterocycles. The van der Waals surface area contributed by atoms with Crippen molar-refractivity contribution in [1.29, 1.82) is 0 Å². The molecule has 2 rings (SSSR count). The molecular weight excluding hydrogens is 384 g/mol. The topological polar surface area (TPSA) is 12.0 Å². The van der Waals surface area contributed by atoms with Crippen molar-refractivity contribution >= 4 is 49.1 Å². The summed E-state index contributed by atoms with van der Waals surface area (Å²) in [7, 11) is 0. The molecular formula is C13H9Br2ClFN. The van der Waals surface area contributed by atoms with Crippen molar-refractivity contribution in [2.45, 2.75) is 6.54 Å². The fourth-order valence-electron chi connectivity index (χ4n) is 1.48. The fourth-order valence-corrected chi connectivity index (χ4v) is 2.45. The van der Waals surface area contributed by atoms with Crippen LogP contribution in [0.15, 0.2) is 45.3 Å². The van der Waals surface area contributed by atoms with E-state index in [0.29, 0.717) is 16.0 Å². The molecule has 0 atom stereocenters. The first-order valence-electron chi connectivity index (χ1n) is 5.19. The van der Waals surface area contributed by atoms with Crippen LogP contribution in [0.1, 0.15) is 5.56 Å². The minimum absolute atomic E-state index is 0.265. The fraction of sp³-hybridized carbons (Fsp3) is 0.0769. The van der Waals surface area contributed by atoms with Crippen molar-refractivity contribution in [3.63, 3.8) is 0 Å². The van der Waals surface area contributed by atoms with Crippen LogP contribution >= 0.6 is 43.5 Å². The quantitative estimate of drug-likeness (QED) is 0.714. The summed E-state index contributed by atoms with van der Waals surface area (Å²) in [4.78, 5) is 0. The average molecular weight is 393 g/mol. The van der Waals surface area contributed by atoms with E-state index in [9.17, 15) is 4.39 Å². The summed E-state index contributed by atoms with van der Waals surface area (Å²) in [5, 5.41) is 3.86. The number of anilines is 1. The van der Waals surface area contributed by atoms with E-state index in [-0.39, 0.29) is 5.82 Å². The normalized spacial score (nSPS) is 10.4. The molecule has 5 heteroatoms. The van der Waals surface area contributed by atoms with Crippen LogP contribution in [0.2, 0.25) is 5.02 Å². The number of hydrogen-bond donors (Lipinski definition) is 1. The van der Waals surface area contributed by atoms with Gasteiger partial charge in [0.1, 0.15) is 5.82 Å². The molecule has 0 aliphatic rings. The third kappa shape index (κ3) is 3.46. The van der Waals surface area contributed by atoms with Gasteiger partial charge in [0.05, 0.1) is 15.2 Å². The van der Waals surface area contributed by atoms with E-state index in [1.54, 1.807) is 12.1 Å². The van der Waals surface area contributed by atoms with Gasteiger partial charge in [0.2, 0.25) is 0 Å². The van der Waals surface area contributed by atoms with Crippen LogP contribution in [-0.4, -0.2) is 0 Å². The Kier molecular flexibility index (Phi) is 4.65. The largest absolute Gasteiger partial charge is 0.380 e. The number of rotatable bonds is 3. The molecule has 0 saturated heterocycles. The first-order chi connectivity index (χ1) is 8.56. The highest BCUT2D eigenvalue weighted by atomic mass is 79.9. The van der Waals surface area contributed by atoms with Gasteiger partial charge in [0.15, 0.2) is 0 Å². The highest BCUT2D eigenvalue weighted by molar-refractivity contribution is 9.10. The second-order valence-electron chi connectivity index (χ2n) is 3.73. The Morgan fingerprint density at radius 2 is 1.89 bits per heavy atom. The molecule has 1 N–H and O–H groups in total. The number of nitrogens with one attached hydrogen (secondary N) is 1. The van der Waals surface area contributed by atoms with Crippen molar-refractivity contribution < 1.29 is 4.39 Å². The lowest BCUT2D eigenvalue weighted by atomic mass is 10.2. The molecule has 1 nitrogen and oxygen atoms in total. The molecule has 0 radical (unpaired) electrons. The molecule has 0 amide bonds. The van der Waals surface area contributed by atoms with E-state index >= 15 is 0 Å². The summed E-state index contributed by atoms with van der Waals surface area (Å²) in [6, 6.07) is 10.5. The van der Waals surface area contributed by atoms with E-state index in [0.717, 1.165) is 15.7 Å². The Balaban J connectivity index is 2.11. The van der Waals surface area contributed by atoms with Gasteiger partial charge >= 0.3 is 0 Å². The molecule has 0 saturated carbocycles. The second-order valence-corrected chi connectivity index (χ2v) is 5.90. The first-order valence-corrected chi connectivity index (χ1v) is 7.15. The van der Waals surface area contributed by atoms with Crippen LogP contribution < -0.4 is 5.32 Å². The van der Waals surface area contributed by atoms with Crippen LogP contribution in [-0.2, 0) is 6.54 Å². The van der Waals surface area contributed by atoms with Crippen molar-refractivity contribution in [2.75, 3.05) is 5.32 Å². The first kappa shape index (κ1) is 13.8. The summed E-state index contributed by atoms with van der Waals surface area (Å²) in [5.41, 5.74) is 1.81. The highest BCUT2D eigenvalue weighted by Gasteiger charge is 2.03. The third-order valence-corrected chi connectivity index (χ3v) is 3.83. The number of benzene rings is 2. The smallest absolute Gasteiger partial charge is 0.137 e. The molecule has 2 aromatic carbocycles. The lowest BCUT2D eigenvalue weighted by molar-refractivity contribution is 0.620. The Morgan fingerprint density at radius 1 is 1.11 bits per heavy atom. The van der Waals surface area contributed by atoms with E-state index in [1.807, 2.05) is 18.2 Å². The molecule has 94 valence electrons. The predicted octanol–water partition coefficient (Wildman–Crippen LogP) is 5.62. The minimum Gasteiger partial charge on any atom is -0.380 e. The summed E-state index contributed by atoms with van der Waals surface area (Å²) in [5.74, 6) is -0.265. The standard InChI is InChI=1S/C13H9Br2ClFN/c14-9-2-3-11(16)13(6-9)18-7-8-1-4-12(17)10(15)5-8/h1-6,18H,7H2. The monoisotopic (exact) mass is 391 g/mol. The van der Waals surface area contributed by atoms with Gasteiger partial charge in [0.25, 0.3) is 0 Å². The minimum atomic E-state index is -0.265. The Hall–Kier alpha value is -0.580. The Morgan fingerprint density at radius 3 is 2.61 bits per heavy atom. The molecule has 2 aromatic rings. The zero-order chi connectivity index (χ0) is 13.1. The summed E-state index contributed by atoms with van der Waals surface area (Å²) in [6.45, 7) is 0.578. The predicted molar refractivity (Wildman–Crippen MR) is 80.6 cm³/mol. The third-order valence-electron chi connectivity index (χ3n) is 2.40. The zero-order valence-corrected chi connectivity index (χ0v) is 13.1. The zero-order valence-electron chi connectivity index (χ0n) is 9.18. The maximum atomic E-state index is 13.1. The molecule has 0 aliphatic carbocycles. The molecule has 0 heterocycles. The van der Waals surface area contributed by atoms with Gasteiger partial charge in [-0.2, -0.15) is 0 Å². The van der Waals surface area contributed by atoms with Gasteiger partial charge in [-0.3, -0.25) is 0 Å². The van der Waals surface area contributed by atoms with Crippen LogP contribution in [0.3, 0.4) is 0 Å². The van der Waals surface area contributed by atoms with E-state index in [4.69, 9.17) is 11.6 Å². The van der Waals surface area contributed by atoms with E-state index < -0.39 is 0 Å². The highest BCUT2D eigenvalue weighted by Crippen LogP contribution is 2.26. The van der Waals surface area contributed by atoms with Gasteiger partial charge in [-0.05, 0) is 51.8 Å². The van der Waals surface area contributed by atoms with Crippen LogP contribution in [0.5, 0.6) is 0 Å². The molecule has 0 fully saturated rings. The second kappa shape index (κ2) is 6.04. The molecule has 18 heavy (non-hydrogen) atoms. The Bertz CT molecular complexity index is 575. The molecule has 0 aromatic heterocycles. The van der Waals surface area contributed by atoms with Gasteiger partial charge in [0, 0.05) is 11.0 Å². The maximum absolute atomic E-state index is 13.1. The lowest BCUT2D eigenvalue weighted by Gasteiger charge is -2.09. The van der Waals surface area contributed by atoms with Crippen molar-refractivity contribution in [1.82, 2.24) is 0 Å². The maximum Gasteiger partial charge on any atom is 0.137 e. The lowest BCUT2D eigenvalue weighted by Crippen LogP contribution is -2.00. The number of hydrogen-bond acceptors (Lipinski definition) is 1. The van der Waals surface area contributed by atoms with Crippen LogP contribution in [0.4, 0.5) is 10.1 Å². The summed E-state index contributed by atoms with van der Waals surface area (Å²) >= 11 is 12.6. The SMILES string of the molecule is Fc1ccc(CNc2cc(Br)ccc2Cl)cc1Br. The van der Waals surface area contributed by atoms with Crippen LogP contribution in [0, 0.1) is 5.82 Å². The summed E-state index contributed by atoms with van der Waals surface area (Å²) in [6.07, 6.45) is 0. The molecule has 0 spiro atoms. The van der Waals surface area contributed by atoms with Gasteiger partial charge in [-0.15, -0.1) is 0 Å². The van der Waals surface area contributed by atoms with E-state index in [2.05, 4.69) is 37.2 Å². The van der Waals surface area contributed by atoms with Crippen LogP contribution in [0.25, 0.3) is 0 Å². The summed E-state index contributed by atoms with van der Waals surface area (Å²) < 4.78 is 14.5. The van der Waals surface area contributed by atoms with Gasteiger partial charge in [-0.1, -0.05) is 33.6 Å². The molecule has 0 bridgehead atoms. The van der Waals surface area contributed by atoms with Crippen molar-refractivity contribution in [2.24, 2.45) is 0 Å². The Labute approximate surface area is 127 Å². The number of halogens is 4. The van der Waals surface area contributed by atoms with Gasteiger partial charge < -0.3 is 5.32 Å². The van der Waals surface area contributed by atoms with Gasteiger partial charge in [-0.25, -0.2) is 4.39 Å². The van der Waals surface area contributed by atoms with Crippen molar-refractivity contribution in [3.05, 3.63) is 61.7 Å².